The Morgan fingerprint density at radius 1 is 1.20 bits per heavy atom. The van der Waals surface area contributed by atoms with Gasteiger partial charge in [-0.3, -0.25) is 0 Å². The standard InChI is InChI=1S/C17H30N2O/c1-14(2)16-12-17(20-18-16)8-10-19(11-9-17)13-15-6-4-3-5-7-15/h14-15H,3-13H2,1-2H3. The van der Waals surface area contributed by atoms with Gasteiger partial charge in [0.1, 0.15) is 5.60 Å². The Bertz CT molecular complexity index is 350. The molecule has 0 aromatic carbocycles. The van der Waals surface area contributed by atoms with E-state index < -0.39 is 0 Å². The first-order valence-corrected chi connectivity index (χ1v) is 8.64. The van der Waals surface area contributed by atoms with Crippen LogP contribution in [0.1, 0.15) is 65.2 Å². The summed E-state index contributed by atoms with van der Waals surface area (Å²) in [6, 6.07) is 0. The van der Waals surface area contributed by atoms with Gasteiger partial charge in [0.05, 0.1) is 5.71 Å². The number of nitrogens with zero attached hydrogens (tertiary/aromatic N) is 2. The smallest absolute Gasteiger partial charge is 0.145 e. The van der Waals surface area contributed by atoms with E-state index in [4.69, 9.17) is 4.84 Å². The first-order chi connectivity index (χ1) is 9.67. The molecule has 0 unspecified atom stereocenters. The van der Waals surface area contributed by atoms with Crippen LogP contribution >= 0.6 is 0 Å². The van der Waals surface area contributed by atoms with Crippen LogP contribution in [-0.4, -0.2) is 35.8 Å². The van der Waals surface area contributed by atoms with Crippen LogP contribution in [0.2, 0.25) is 0 Å². The second kappa shape index (κ2) is 6.05. The van der Waals surface area contributed by atoms with Crippen molar-refractivity contribution in [2.75, 3.05) is 19.6 Å². The average molecular weight is 278 g/mol. The van der Waals surface area contributed by atoms with E-state index in [0.717, 1.165) is 12.3 Å². The Kier molecular flexibility index (Phi) is 4.34. The highest BCUT2D eigenvalue weighted by Gasteiger charge is 2.42. The topological polar surface area (TPSA) is 24.8 Å². The average Bonchev–Trinajstić information content (AvgIpc) is 2.87. The lowest BCUT2D eigenvalue weighted by Crippen LogP contribution is -2.46. The zero-order valence-corrected chi connectivity index (χ0v) is 13.2. The van der Waals surface area contributed by atoms with Crippen molar-refractivity contribution in [3.63, 3.8) is 0 Å². The normalized spacial score (nSPS) is 27.9. The molecule has 1 saturated carbocycles. The maximum atomic E-state index is 5.85. The summed E-state index contributed by atoms with van der Waals surface area (Å²) >= 11 is 0. The predicted octanol–water partition coefficient (Wildman–Crippen LogP) is 3.83. The SMILES string of the molecule is CC(C)C1=NOC2(CCN(CC3CCCCC3)CC2)C1. The fourth-order valence-corrected chi connectivity index (χ4v) is 4.01. The highest BCUT2D eigenvalue weighted by molar-refractivity contribution is 5.87. The van der Waals surface area contributed by atoms with Crippen molar-refractivity contribution in [2.45, 2.75) is 70.8 Å². The van der Waals surface area contributed by atoms with Gasteiger partial charge >= 0.3 is 0 Å². The molecule has 3 rings (SSSR count). The van der Waals surface area contributed by atoms with Crippen LogP contribution in [0.15, 0.2) is 5.16 Å². The molecule has 0 N–H and O–H groups in total. The number of hydrogen-bond donors (Lipinski definition) is 0. The molecule has 114 valence electrons. The van der Waals surface area contributed by atoms with E-state index >= 15 is 0 Å². The summed E-state index contributed by atoms with van der Waals surface area (Å²) in [4.78, 5) is 8.53. The lowest BCUT2D eigenvalue weighted by molar-refractivity contribution is -0.0637. The summed E-state index contributed by atoms with van der Waals surface area (Å²) in [5.41, 5.74) is 1.33. The second-order valence-electron chi connectivity index (χ2n) is 7.49. The van der Waals surface area contributed by atoms with Gasteiger partial charge in [-0.1, -0.05) is 38.3 Å². The Morgan fingerprint density at radius 3 is 2.50 bits per heavy atom. The molecule has 2 aliphatic heterocycles. The van der Waals surface area contributed by atoms with Crippen molar-refractivity contribution in [1.82, 2.24) is 4.90 Å². The summed E-state index contributed by atoms with van der Waals surface area (Å²) in [5, 5.41) is 4.35. The molecule has 0 atom stereocenters. The van der Waals surface area contributed by atoms with Gasteiger partial charge in [0.2, 0.25) is 0 Å². The van der Waals surface area contributed by atoms with Gasteiger partial charge in [0.25, 0.3) is 0 Å². The molecule has 0 bridgehead atoms. The molecule has 0 aromatic heterocycles. The third-order valence-electron chi connectivity index (χ3n) is 5.53. The molecule has 3 aliphatic rings. The third kappa shape index (κ3) is 3.19. The van der Waals surface area contributed by atoms with Crippen molar-refractivity contribution >= 4 is 5.71 Å². The minimum Gasteiger partial charge on any atom is -0.389 e. The molecule has 1 aliphatic carbocycles. The molecule has 0 amide bonds. The lowest BCUT2D eigenvalue weighted by Gasteiger charge is -2.39. The van der Waals surface area contributed by atoms with Gasteiger partial charge in [-0.15, -0.1) is 0 Å². The van der Waals surface area contributed by atoms with Crippen LogP contribution in [0.5, 0.6) is 0 Å². The van der Waals surface area contributed by atoms with E-state index in [1.807, 2.05) is 0 Å². The second-order valence-corrected chi connectivity index (χ2v) is 7.49. The molecule has 0 aromatic rings. The minimum atomic E-state index is 0.0582. The zero-order chi connectivity index (χ0) is 14.0. The zero-order valence-electron chi connectivity index (χ0n) is 13.2. The van der Waals surface area contributed by atoms with Crippen LogP contribution in [-0.2, 0) is 4.84 Å². The van der Waals surface area contributed by atoms with Crippen LogP contribution in [0.25, 0.3) is 0 Å². The molecule has 0 radical (unpaired) electrons. The Morgan fingerprint density at radius 2 is 1.90 bits per heavy atom. The summed E-state index contributed by atoms with van der Waals surface area (Å²) in [5.74, 6) is 1.50. The van der Waals surface area contributed by atoms with E-state index in [2.05, 4.69) is 23.9 Å². The fourth-order valence-electron chi connectivity index (χ4n) is 4.01. The van der Waals surface area contributed by atoms with Gasteiger partial charge in [-0.2, -0.15) is 0 Å². The van der Waals surface area contributed by atoms with Crippen molar-refractivity contribution in [3.8, 4) is 0 Å². The van der Waals surface area contributed by atoms with Crippen LogP contribution in [0.4, 0.5) is 0 Å². The van der Waals surface area contributed by atoms with E-state index in [-0.39, 0.29) is 5.60 Å². The summed E-state index contributed by atoms with van der Waals surface area (Å²) in [6.07, 6.45) is 10.7. The van der Waals surface area contributed by atoms with E-state index in [9.17, 15) is 0 Å². The van der Waals surface area contributed by atoms with Crippen molar-refractivity contribution in [2.24, 2.45) is 17.0 Å². The lowest BCUT2D eigenvalue weighted by atomic mass is 9.83. The monoisotopic (exact) mass is 278 g/mol. The quantitative estimate of drug-likeness (QED) is 0.783. The molecule has 3 heteroatoms. The van der Waals surface area contributed by atoms with Crippen LogP contribution < -0.4 is 0 Å². The van der Waals surface area contributed by atoms with E-state index in [1.54, 1.807) is 0 Å². The summed E-state index contributed by atoms with van der Waals surface area (Å²) in [7, 11) is 0. The van der Waals surface area contributed by atoms with Crippen molar-refractivity contribution in [3.05, 3.63) is 0 Å². The Balaban J connectivity index is 1.45. The highest BCUT2D eigenvalue weighted by Crippen LogP contribution is 2.36. The molecule has 20 heavy (non-hydrogen) atoms. The first-order valence-electron chi connectivity index (χ1n) is 8.64. The Labute approximate surface area is 123 Å². The third-order valence-corrected chi connectivity index (χ3v) is 5.53. The van der Waals surface area contributed by atoms with Gasteiger partial charge in [-0.25, -0.2) is 0 Å². The number of piperidine rings is 1. The maximum Gasteiger partial charge on any atom is 0.145 e. The van der Waals surface area contributed by atoms with E-state index in [1.165, 1.54) is 70.3 Å². The number of likely N-dealkylation sites (tertiary alicyclic amines) is 1. The minimum absolute atomic E-state index is 0.0582. The van der Waals surface area contributed by atoms with Gasteiger partial charge in [-0.05, 0) is 24.7 Å². The maximum absolute atomic E-state index is 5.85. The summed E-state index contributed by atoms with van der Waals surface area (Å²) < 4.78 is 0. The number of oxime groups is 1. The van der Waals surface area contributed by atoms with E-state index in [0.29, 0.717) is 5.92 Å². The van der Waals surface area contributed by atoms with Gasteiger partial charge in [0, 0.05) is 38.9 Å². The molecule has 2 fully saturated rings. The van der Waals surface area contributed by atoms with Crippen LogP contribution in [0, 0.1) is 11.8 Å². The van der Waals surface area contributed by atoms with Gasteiger partial charge < -0.3 is 9.74 Å². The molecule has 1 spiro atoms. The van der Waals surface area contributed by atoms with Crippen LogP contribution in [0.3, 0.4) is 0 Å². The number of rotatable bonds is 3. The molecule has 1 saturated heterocycles. The van der Waals surface area contributed by atoms with Crippen molar-refractivity contribution in [1.29, 1.82) is 0 Å². The highest BCUT2D eigenvalue weighted by atomic mass is 16.7. The number of hydrogen-bond acceptors (Lipinski definition) is 3. The molecular weight excluding hydrogens is 248 g/mol. The largest absolute Gasteiger partial charge is 0.389 e. The fraction of sp³-hybridized carbons (Fsp3) is 0.941. The predicted molar refractivity (Wildman–Crippen MR) is 83.0 cm³/mol. The molecular formula is C17H30N2O. The van der Waals surface area contributed by atoms with Crippen molar-refractivity contribution < 1.29 is 4.84 Å². The summed E-state index contributed by atoms with van der Waals surface area (Å²) in [6.45, 7) is 8.18. The molecule has 2 heterocycles. The Hall–Kier alpha value is -0.570. The molecule has 3 nitrogen and oxygen atoms in total. The van der Waals surface area contributed by atoms with Gasteiger partial charge in [0.15, 0.2) is 0 Å². The first kappa shape index (κ1) is 14.4.